The standard InChI is InChI=1S/C11H8F13NO2/c12-6(9(17,18)19,10(20,21)22)5(26)7(13,14)8(15,16)11(23,24)25-1-3-27-4-2-25/h1-4H2. The van der Waals surface area contributed by atoms with Crippen LogP contribution in [0.3, 0.4) is 0 Å². The van der Waals surface area contributed by atoms with Crippen molar-refractivity contribution < 1.29 is 66.6 Å². The van der Waals surface area contributed by atoms with E-state index in [0.717, 1.165) is 0 Å². The zero-order chi connectivity index (χ0) is 21.7. The summed E-state index contributed by atoms with van der Waals surface area (Å²) in [4.78, 5) is 10.2. The monoisotopic (exact) mass is 433 g/mol. The van der Waals surface area contributed by atoms with Crippen molar-refractivity contribution in [2.24, 2.45) is 0 Å². The summed E-state index contributed by atoms with van der Waals surface area (Å²) in [5.41, 5.74) is -7.51. The molecule has 1 aliphatic heterocycles. The normalized spacial score (nSPS) is 19.3. The van der Waals surface area contributed by atoms with Crippen LogP contribution in [0, 0.1) is 0 Å². The minimum atomic E-state index is -7.51. The molecule has 16 heteroatoms. The quantitative estimate of drug-likeness (QED) is 0.491. The van der Waals surface area contributed by atoms with Gasteiger partial charge in [0.2, 0.25) is 0 Å². The van der Waals surface area contributed by atoms with Crippen LogP contribution in [0.2, 0.25) is 0 Å². The molecule has 0 aromatic rings. The number of carbonyl (C=O) groups excluding carboxylic acids is 1. The van der Waals surface area contributed by atoms with Crippen LogP contribution in [0.15, 0.2) is 0 Å². The third-order valence-electron chi connectivity index (χ3n) is 3.56. The molecule has 0 aromatic carbocycles. The van der Waals surface area contributed by atoms with E-state index in [-0.39, 0.29) is 0 Å². The first kappa shape index (κ1) is 23.7. The smallest absolute Gasteiger partial charge is 0.379 e. The highest BCUT2D eigenvalue weighted by Gasteiger charge is 2.87. The fourth-order valence-corrected chi connectivity index (χ4v) is 2.01. The summed E-state index contributed by atoms with van der Waals surface area (Å²) in [7, 11) is 0. The van der Waals surface area contributed by atoms with E-state index < -0.39 is 72.9 Å². The Morgan fingerprint density at radius 2 is 1.07 bits per heavy atom. The number of ketones is 1. The number of Topliss-reactive ketones (excluding diaryl/α,β-unsaturated/α-hetero) is 1. The molecule has 27 heavy (non-hydrogen) atoms. The molecule has 0 radical (unpaired) electrons. The molecule has 0 N–H and O–H groups in total. The number of rotatable bonds is 5. The van der Waals surface area contributed by atoms with E-state index in [1.165, 1.54) is 0 Å². The third kappa shape index (κ3) is 3.45. The highest BCUT2D eigenvalue weighted by Crippen LogP contribution is 2.55. The topological polar surface area (TPSA) is 29.5 Å². The van der Waals surface area contributed by atoms with Crippen LogP contribution < -0.4 is 0 Å². The Hall–Kier alpha value is -1.32. The van der Waals surface area contributed by atoms with Crippen molar-refractivity contribution in [3.8, 4) is 0 Å². The van der Waals surface area contributed by atoms with Gasteiger partial charge >= 0.3 is 35.9 Å². The minimum Gasteiger partial charge on any atom is -0.379 e. The van der Waals surface area contributed by atoms with Gasteiger partial charge in [-0.2, -0.15) is 52.7 Å². The summed E-state index contributed by atoms with van der Waals surface area (Å²) in [6.45, 7) is -3.79. The van der Waals surface area contributed by atoms with Gasteiger partial charge in [0.05, 0.1) is 13.2 Å². The molecule has 1 rings (SSSR count). The van der Waals surface area contributed by atoms with Crippen molar-refractivity contribution in [3.63, 3.8) is 0 Å². The summed E-state index contributed by atoms with van der Waals surface area (Å²) in [6, 6.07) is -6.10. The van der Waals surface area contributed by atoms with Gasteiger partial charge in [-0.3, -0.25) is 4.79 Å². The molecule has 0 aromatic heterocycles. The molecule has 0 saturated carbocycles. The second kappa shape index (κ2) is 6.63. The van der Waals surface area contributed by atoms with E-state index in [2.05, 4.69) is 4.74 Å². The summed E-state index contributed by atoms with van der Waals surface area (Å²) in [5, 5.41) is 0. The fourth-order valence-electron chi connectivity index (χ4n) is 2.01. The minimum absolute atomic E-state index is 0.719. The van der Waals surface area contributed by atoms with Gasteiger partial charge in [0.15, 0.2) is 0 Å². The number of hydrogen-bond acceptors (Lipinski definition) is 3. The Balaban J connectivity index is 3.46. The van der Waals surface area contributed by atoms with Crippen LogP contribution in [0.25, 0.3) is 0 Å². The molecule has 0 aliphatic carbocycles. The predicted octanol–water partition coefficient (Wildman–Crippen LogP) is 3.58. The molecular formula is C11H8F13NO2. The fraction of sp³-hybridized carbons (Fsp3) is 0.909. The SMILES string of the molecule is O=C(C(F)(F)C(F)(F)C(F)(F)N1CCOCC1)C(F)(C(F)(F)F)C(F)(F)F. The Bertz CT molecular complexity index is 548. The lowest BCUT2D eigenvalue weighted by molar-refractivity contribution is -0.366. The second-order valence-electron chi connectivity index (χ2n) is 5.27. The number of carbonyl (C=O) groups is 1. The molecule has 0 amide bonds. The summed E-state index contributed by atoms with van der Waals surface area (Å²) in [6.07, 6.45) is -15.0. The van der Waals surface area contributed by atoms with Gasteiger partial charge in [0, 0.05) is 13.1 Å². The van der Waals surface area contributed by atoms with Crippen molar-refractivity contribution in [3.05, 3.63) is 0 Å². The molecule has 1 fully saturated rings. The Labute approximate surface area is 141 Å². The Morgan fingerprint density at radius 3 is 1.41 bits per heavy atom. The molecular weight excluding hydrogens is 425 g/mol. The predicted molar refractivity (Wildman–Crippen MR) is 58.2 cm³/mol. The molecule has 0 bridgehead atoms. The maximum absolute atomic E-state index is 13.7. The first-order valence-corrected chi connectivity index (χ1v) is 6.59. The van der Waals surface area contributed by atoms with Crippen LogP contribution in [-0.2, 0) is 9.53 Å². The van der Waals surface area contributed by atoms with Crippen molar-refractivity contribution in [1.29, 1.82) is 0 Å². The van der Waals surface area contributed by atoms with E-state index in [4.69, 9.17) is 0 Å². The zero-order valence-electron chi connectivity index (χ0n) is 12.5. The van der Waals surface area contributed by atoms with Crippen molar-refractivity contribution in [2.45, 2.75) is 35.9 Å². The van der Waals surface area contributed by atoms with E-state index in [1.54, 1.807) is 0 Å². The first-order valence-electron chi connectivity index (χ1n) is 6.59. The van der Waals surface area contributed by atoms with Crippen molar-refractivity contribution in [2.75, 3.05) is 26.3 Å². The van der Waals surface area contributed by atoms with Gasteiger partial charge in [-0.05, 0) is 0 Å². The van der Waals surface area contributed by atoms with Gasteiger partial charge in [-0.15, -0.1) is 0 Å². The summed E-state index contributed by atoms with van der Waals surface area (Å²) < 4.78 is 173. The third-order valence-corrected chi connectivity index (χ3v) is 3.56. The Morgan fingerprint density at radius 1 is 0.704 bits per heavy atom. The number of alkyl halides is 13. The average Bonchev–Trinajstić information content (AvgIpc) is 2.51. The lowest BCUT2D eigenvalue weighted by Gasteiger charge is -2.41. The molecule has 3 nitrogen and oxygen atoms in total. The Kier molecular flexibility index (Phi) is 5.83. The maximum Gasteiger partial charge on any atom is 0.439 e. The molecule has 1 aliphatic rings. The largest absolute Gasteiger partial charge is 0.439 e. The van der Waals surface area contributed by atoms with Gasteiger partial charge in [-0.25, -0.2) is 9.29 Å². The van der Waals surface area contributed by atoms with Crippen molar-refractivity contribution in [1.82, 2.24) is 4.90 Å². The van der Waals surface area contributed by atoms with Gasteiger partial charge < -0.3 is 4.74 Å². The first-order chi connectivity index (χ1) is 11.8. The highest BCUT2D eigenvalue weighted by atomic mass is 19.4. The van der Waals surface area contributed by atoms with Crippen LogP contribution in [-0.4, -0.2) is 72.9 Å². The van der Waals surface area contributed by atoms with Gasteiger partial charge in [-0.1, -0.05) is 0 Å². The number of nitrogens with zero attached hydrogens (tertiary/aromatic N) is 1. The van der Waals surface area contributed by atoms with E-state index in [0.29, 0.717) is 0 Å². The highest BCUT2D eigenvalue weighted by molar-refractivity contribution is 5.96. The molecule has 1 saturated heterocycles. The molecule has 0 unspecified atom stereocenters. The molecule has 0 atom stereocenters. The van der Waals surface area contributed by atoms with Crippen LogP contribution in [0.4, 0.5) is 57.1 Å². The zero-order valence-corrected chi connectivity index (χ0v) is 12.5. The lowest BCUT2D eigenvalue weighted by Crippen LogP contribution is -2.72. The molecule has 160 valence electrons. The van der Waals surface area contributed by atoms with Gasteiger partial charge in [0.25, 0.3) is 5.78 Å². The number of morpholine rings is 1. The number of ether oxygens (including phenoxy) is 1. The summed E-state index contributed by atoms with van der Waals surface area (Å²) in [5.74, 6) is -19.6. The number of halogens is 13. The van der Waals surface area contributed by atoms with E-state index in [1.807, 2.05) is 0 Å². The van der Waals surface area contributed by atoms with Crippen molar-refractivity contribution >= 4 is 5.78 Å². The number of hydrogen-bond donors (Lipinski definition) is 0. The van der Waals surface area contributed by atoms with Gasteiger partial charge in [0.1, 0.15) is 0 Å². The maximum atomic E-state index is 13.7. The molecule has 0 spiro atoms. The van der Waals surface area contributed by atoms with Crippen LogP contribution >= 0.6 is 0 Å². The molecule has 1 heterocycles. The van der Waals surface area contributed by atoms with E-state index >= 15 is 0 Å². The second-order valence-corrected chi connectivity index (χ2v) is 5.27. The average molecular weight is 433 g/mol. The van der Waals surface area contributed by atoms with E-state index in [9.17, 15) is 61.9 Å². The van der Waals surface area contributed by atoms with Crippen LogP contribution in [0.5, 0.6) is 0 Å². The summed E-state index contributed by atoms with van der Waals surface area (Å²) >= 11 is 0. The lowest BCUT2D eigenvalue weighted by atomic mass is 9.89. The van der Waals surface area contributed by atoms with Crippen LogP contribution in [0.1, 0.15) is 0 Å².